The predicted octanol–water partition coefficient (Wildman–Crippen LogP) is 6.30. The van der Waals surface area contributed by atoms with E-state index in [-0.39, 0.29) is 12.1 Å². The molecule has 3 aromatic rings. The van der Waals surface area contributed by atoms with Crippen molar-refractivity contribution in [3.8, 4) is 5.75 Å². The van der Waals surface area contributed by atoms with Crippen LogP contribution >= 0.6 is 11.6 Å². The van der Waals surface area contributed by atoms with Crippen LogP contribution in [0.2, 0.25) is 5.02 Å². The Kier molecular flexibility index (Phi) is 8.45. The molecule has 2 aliphatic rings. The molecule has 5 rings (SSSR count). The summed E-state index contributed by atoms with van der Waals surface area (Å²) in [4.78, 5) is 22.0. The molecule has 0 bridgehead atoms. The number of aliphatic hydroxyl groups is 1. The van der Waals surface area contributed by atoms with Crippen molar-refractivity contribution in [2.75, 3.05) is 31.5 Å². The highest BCUT2D eigenvalue weighted by Crippen LogP contribution is 2.38. The highest BCUT2D eigenvalue weighted by molar-refractivity contribution is 6.30. The summed E-state index contributed by atoms with van der Waals surface area (Å²) in [7, 11) is 0. The second-order valence-electron chi connectivity index (χ2n) is 10.9. The highest BCUT2D eigenvalue weighted by Gasteiger charge is 2.30. The SMILES string of the molecule is CCN(C(=O)Nc1ccc(Cl)cc1)C1CCN(CC/C=C2\c3cc(C(C)(C)O)ccc3OCc3ncccc32)C1. The zero-order valence-corrected chi connectivity index (χ0v) is 24.1. The van der Waals surface area contributed by atoms with E-state index in [1.807, 2.05) is 48.2 Å². The normalized spacial score (nSPS) is 18.0. The molecule has 1 saturated heterocycles. The van der Waals surface area contributed by atoms with Crippen LogP contribution in [-0.4, -0.2) is 58.1 Å². The van der Waals surface area contributed by atoms with Gasteiger partial charge in [0.2, 0.25) is 0 Å². The number of anilines is 1. The predicted molar refractivity (Wildman–Crippen MR) is 160 cm³/mol. The average Bonchev–Trinajstić information content (AvgIpc) is 3.33. The maximum absolute atomic E-state index is 13.0. The number of hydrogen-bond donors (Lipinski definition) is 2. The smallest absolute Gasteiger partial charge is 0.322 e. The third-order valence-corrected chi connectivity index (χ3v) is 7.95. The Morgan fingerprint density at radius 3 is 2.77 bits per heavy atom. The second kappa shape index (κ2) is 12.0. The molecule has 0 aliphatic carbocycles. The van der Waals surface area contributed by atoms with Crippen LogP contribution in [0.4, 0.5) is 10.5 Å². The summed E-state index contributed by atoms with van der Waals surface area (Å²) in [5.74, 6) is 0.795. The molecular formula is C32H37ClN4O3. The van der Waals surface area contributed by atoms with Crippen molar-refractivity contribution >= 4 is 28.9 Å². The third-order valence-electron chi connectivity index (χ3n) is 7.70. The van der Waals surface area contributed by atoms with Crippen LogP contribution in [0.15, 0.2) is 66.9 Å². The lowest BCUT2D eigenvalue weighted by atomic mass is 9.90. The van der Waals surface area contributed by atoms with Gasteiger partial charge in [0.1, 0.15) is 12.4 Å². The van der Waals surface area contributed by atoms with Crippen molar-refractivity contribution in [2.45, 2.75) is 51.9 Å². The van der Waals surface area contributed by atoms with Crippen molar-refractivity contribution in [3.63, 3.8) is 0 Å². The lowest BCUT2D eigenvalue weighted by Gasteiger charge is -2.28. The van der Waals surface area contributed by atoms with E-state index in [9.17, 15) is 9.90 Å². The number of carbonyl (C=O) groups is 1. The molecule has 1 aromatic heterocycles. The van der Waals surface area contributed by atoms with Gasteiger partial charge in [-0.05, 0) is 87.2 Å². The number of hydrogen-bond acceptors (Lipinski definition) is 5. The van der Waals surface area contributed by atoms with Crippen molar-refractivity contribution < 1.29 is 14.6 Å². The number of halogens is 1. The fraction of sp³-hybridized carbons (Fsp3) is 0.375. The van der Waals surface area contributed by atoms with Crippen molar-refractivity contribution in [1.82, 2.24) is 14.8 Å². The van der Waals surface area contributed by atoms with Crippen LogP contribution in [0.25, 0.3) is 5.57 Å². The Labute approximate surface area is 241 Å². The van der Waals surface area contributed by atoms with E-state index in [0.29, 0.717) is 18.2 Å². The molecule has 0 spiro atoms. The topological polar surface area (TPSA) is 77.9 Å². The number of likely N-dealkylation sites (tertiary alicyclic amines) is 1. The van der Waals surface area contributed by atoms with Crippen LogP contribution in [-0.2, 0) is 12.2 Å². The van der Waals surface area contributed by atoms with Gasteiger partial charge in [-0.3, -0.25) is 4.98 Å². The molecule has 40 heavy (non-hydrogen) atoms. The summed E-state index contributed by atoms with van der Waals surface area (Å²) in [5.41, 5.74) is 4.64. The monoisotopic (exact) mass is 560 g/mol. The van der Waals surface area contributed by atoms with Crippen molar-refractivity contribution in [3.05, 3.63) is 94.3 Å². The maximum atomic E-state index is 13.0. The molecule has 1 fully saturated rings. The molecule has 1 unspecified atom stereocenters. The van der Waals surface area contributed by atoms with E-state index >= 15 is 0 Å². The number of pyridine rings is 1. The number of likely N-dealkylation sites (N-methyl/N-ethyl adjacent to an activating group) is 1. The average molecular weight is 561 g/mol. The second-order valence-corrected chi connectivity index (χ2v) is 11.4. The van der Waals surface area contributed by atoms with Gasteiger partial charge in [-0.1, -0.05) is 29.8 Å². The number of benzene rings is 2. The van der Waals surface area contributed by atoms with Gasteiger partial charge in [-0.25, -0.2) is 4.79 Å². The Bertz CT molecular complexity index is 1380. The first kappa shape index (κ1) is 28.1. The van der Waals surface area contributed by atoms with Gasteiger partial charge in [0, 0.05) is 60.3 Å². The number of amides is 2. The number of nitrogens with zero attached hydrogens (tertiary/aromatic N) is 3. The number of ether oxygens (including phenoxy) is 1. The van der Waals surface area contributed by atoms with E-state index < -0.39 is 5.60 Å². The first-order chi connectivity index (χ1) is 19.2. The molecule has 3 heterocycles. The largest absolute Gasteiger partial charge is 0.487 e. The van der Waals surface area contributed by atoms with Crippen LogP contribution in [0.1, 0.15) is 56.0 Å². The van der Waals surface area contributed by atoms with Crippen LogP contribution < -0.4 is 10.1 Å². The summed E-state index contributed by atoms with van der Waals surface area (Å²) >= 11 is 5.98. The third kappa shape index (κ3) is 6.33. The highest BCUT2D eigenvalue weighted by atomic mass is 35.5. The van der Waals surface area contributed by atoms with E-state index in [2.05, 4.69) is 27.3 Å². The summed E-state index contributed by atoms with van der Waals surface area (Å²) < 4.78 is 6.13. The fourth-order valence-electron chi connectivity index (χ4n) is 5.51. The summed E-state index contributed by atoms with van der Waals surface area (Å²) in [6, 6.07) is 17.2. The maximum Gasteiger partial charge on any atom is 0.322 e. The Hall–Kier alpha value is -3.39. The van der Waals surface area contributed by atoms with Gasteiger partial charge in [0.15, 0.2) is 0 Å². The number of urea groups is 1. The Morgan fingerprint density at radius 1 is 1.23 bits per heavy atom. The molecule has 1 atom stereocenters. The Morgan fingerprint density at radius 2 is 2.02 bits per heavy atom. The molecule has 0 radical (unpaired) electrons. The van der Waals surface area contributed by atoms with Gasteiger partial charge >= 0.3 is 6.03 Å². The van der Waals surface area contributed by atoms with Gasteiger partial charge in [-0.15, -0.1) is 0 Å². The number of aromatic nitrogens is 1. The van der Waals surface area contributed by atoms with E-state index in [0.717, 1.165) is 71.9 Å². The van der Waals surface area contributed by atoms with E-state index in [4.69, 9.17) is 16.3 Å². The first-order valence-corrected chi connectivity index (χ1v) is 14.3. The molecule has 8 heteroatoms. The molecule has 2 N–H and O–H groups in total. The van der Waals surface area contributed by atoms with Gasteiger partial charge in [0.25, 0.3) is 0 Å². The first-order valence-electron chi connectivity index (χ1n) is 13.9. The standard InChI is InChI=1S/C32H37ClN4O3/c1-4-37(31(38)35-24-12-10-23(33)11-13-24)25-15-18-36(20-25)17-6-8-26-27-7-5-16-34-29(27)21-40-30-14-9-22(19-28(26)30)32(2,3)39/h5,7-14,16,19,25,39H,4,6,15,17-18,20-21H2,1-3H3,(H,35,38)/b26-8-. The van der Waals surface area contributed by atoms with E-state index in [1.54, 1.807) is 32.2 Å². The summed E-state index contributed by atoms with van der Waals surface area (Å²) in [5, 5.41) is 14.3. The number of rotatable bonds is 7. The lowest BCUT2D eigenvalue weighted by Crippen LogP contribution is -2.44. The molecule has 0 saturated carbocycles. The number of nitrogens with one attached hydrogen (secondary N) is 1. The zero-order chi connectivity index (χ0) is 28.3. The Balaban J connectivity index is 1.29. The van der Waals surface area contributed by atoms with Crippen molar-refractivity contribution in [2.24, 2.45) is 0 Å². The summed E-state index contributed by atoms with van der Waals surface area (Å²) in [6.07, 6.45) is 5.84. The minimum Gasteiger partial charge on any atom is -0.487 e. The van der Waals surface area contributed by atoms with Crippen LogP contribution in [0.5, 0.6) is 5.75 Å². The van der Waals surface area contributed by atoms with Gasteiger partial charge < -0.3 is 25.0 Å². The molecule has 2 aliphatic heterocycles. The van der Waals surface area contributed by atoms with Crippen LogP contribution in [0.3, 0.4) is 0 Å². The van der Waals surface area contributed by atoms with Gasteiger partial charge in [-0.2, -0.15) is 0 Å². The number of carbonyl (C=O) groups excluding carboxylic acids is 1. The van der Waals surface area contributed by atoms with E-state index in [1.165, 1.54) is 0 Å². The quantitative estimate of drug-likeness (QED) is 0.354. The lowest BCUT2D eigenvalue weighted by molar-refractivity contribution is 0.0785. The fourth-order valence-corrected chi connectivity index (χ4v) is 5.64. The number of fused-ring (bicyclic) bond motifs is 2. The minimum absolute atomic E-state index is 0.0828. The van der Waals surface area contributed by atoms with Crippen LogP contribution in [0, 0.1) is 0 Å². The van der Waals surface area contributed by atoms with Gasteiger partial charge in [0.05, 0.1) is 11.3 Å². The minimum atomic E-state index is -0.959. The molecule has 2 aromatic carbocycles. The molecule has 7 nitrogen and oxygen atoms in total. The molecule has 2 amide bonds. The molecule has 210 valence electrons. The van der Waals surface area contributed by atoms with Crippen molar-refractivity contribution in [1.29, 1.82) is 0 Å². The summed E-state index contributed by atoms with van der Waals surface area (Å²) in [6.45, 7) is 9.33. The molecular weight excluding hydrogens is 524 g/mol. The zero-order valence-electron chi connectivity index (χ0n) is 23.4.